The highest BCUT2D eigenvalue weighted by molar-refractivity contribution is 6.32. The molecule has 0 bridgehead atoms. The van der Waals surface area contributed by atoms with Crippen molar-refractivity contribution in [2.45, 2.75) is 13.0 Å². The second-order valence-electron chi connectivity index (χ2n) is 4.31. The number of benzene rings is 2. The van der Waals surface area contributed by atoms with E-state index in [1.54, 1.807) is 31.4 Å². The first kappa shape index (κ1) is 14.2. The third-order valence-electron chi connectivity index (χ3n) is 3.00. The predicted molar refractivity (Wildman–Crippen MR) is 78.3 cm³/mol. The van der Waals surface area contributed by atoms with Gasteiger partial charge in [-0.3, -0.25) is 0 Å². The molecule has 0 aliphatic heterocycles. The molecule has 1 unspecified atom stereocenters. The van der Waals surface area contributed by atoms with Gasteiger partial charge in [-0.2, -0.15) is 0 Å². The van der Waals surface area contributed by atoms with Gasteiger partial charge in [0.05, 0.1) is 12.1 Å². The number of ether oxygens (including phenoxy) is 1. The molecule has 0 saturated heterocycles. The van der Waals surface area contributed by atoms with Crippen molar-refractivity contribution in [3.05, 3.63) is 63.1 Å². The maximum Gasteiger partial charge on any atom is 0.137 e. The Kier molecular flexibility index (Phi) is 4.35. The summed E-state index contributed by atoms with van der Waals surface area (Å²) in [6, 6.07) is 10.7. The van der Waals surface area contributed by atoms with Crippen molar-refractivity contribution >= 4 is 23.2 Å². The minimum absolute atomic E-state index is 0.470. The van der Waals surface area contributed by atoms with Gasteiger partial charge in [0.2, 0.25) is 0 Å². The van der Waals surface area contributed by atoms with Crippen LogP contribution in [0.15, 0.2) is 36.4 Å². The first-order valence-electron chi connectivity index (χ1n) is 5.80. The fourth-order valence-electron chi connectivity index (χ4n) is 1.82. The summed E-state index contributed by atoms with van der Waals surface area (Å²) in [5, 5.41) is 11.4. The van der Waals surface area contributed by atoms with Crippen LogP contribution in [0, 0.1) is 6.92 Å². The predicted octanol–water partition coefficient (Wildman–Crippen LogP) is 4.39. The lowest BCUT2D eigenvalue weighted by Gasteiger charge is -2.14. The van der Waals surface area contributed by atoms with Crippen LogP contribution >= 0.6 is 23.2 Å². The number of aryl methyl sites for hydroxylation is 1. The van der Waals surface area contributed by atoms with Gasteiger partial charge < -0.3 is 9.84 Å². The molecule has 0 radical (unpaired) electrons. The van der Waals surface area contributed by atoms with E-state index in [0.717, 1.165) is 11.1 Å². The number of aliphatic hydroxyl groups is 1. The standard InChI is InChI=1S/C15H14Cl2O2/c1-9-3-4-10(7-12(9)16)15(18)11-5-6-14(19-2)13(17)8-11/h3-8,15,18H,1-2H3. The highest BCUT2D eigenvalue weighted by Crippen LogP contribution is 2.31. The number of rotatable bonds is 3. The largest absolute Gasteiger partial charge is 0.495 e. The summed E-state index contributed by atoms with van der Waals surface area (Å²) in [4.78, 5) is 0. The van der Waals surface area contributed by atoms with Crippen molar-refractivity contribution in [1.29, 1.82) is 0 Å². The fourth-order valence-corrected chi connectivity index (χ4v) is 2.28. The Morgan fingerprint density at radius 3 is 2.11 bits per heavy atom. The third kappa shape index (κ3) is 3.03. The molecular weight excluding hydrogens is 283 g/mol. The van der Waals surface area contributed by atoms with E-state index < -0.39 is 6.10 Å². The summed E-state index contributed by atoms with van der Waals surface area (Å²) in [6.07, 6.45) is -0.762. The van der Waals surface area contributed by atoms with E-state index in [0.29, 0.717) is 21.4 Å². The summed E-state index contributed by atoms with van der Waals surface area (Å²) in [5.41, 5.74) is 2.41. The van der Waals surface area contributed by atoms with E-state index in [1.165, 1.54) is 0 Å². The van der Waals surface area contributed by atoms with Crippen LogP contribution in [-0.2, 0) is 0 Å². The average molecular weight is 297 g/mol. The van der Waals surface area contributed by atoms with Gasteiger partial charge in [-0.15, -0.1) is 0 Å². The zero-order valence-corrected chi connectivity index (χ0v) is 12.2. The van der Waals surface area contributed by atoms with Crippen LogP contribution in [0.2, 0.25) is 10.0 Å². The number of methoxy groups -OCH3 is 1. The highest BCUT2D eigenvalue weighted by Gasteiger charge is 2.13. The van der Waals surface area contributed by atoms with Gasteiger partial charge in [0.1, 0.15) is 11.9 Å². The molecule has 100 valence electrons. The van der Waals surface area contributed by atoms with Crippen molar-refractivity contribution in [1.82, 2.24) is 0 Å². The van der Waals surface area contributed by atoms with E-state index >= 15 is 0 Å². The minimum Gasteiger partial charge on any atom is -0.495 e. The molecular formula is C15H14Cl2O2. The molecule has 2 nitrogen and oxygen atoms in total. The normalized spacial score (nSPS) is 12.3. The van der Waals surface area contributed by atoms with Crippen LogP contribution in [0.5, 0.6) is 5.75 Å². The summed E-state index contributed by atoms with van der Waals surface area (Å²) in [7, 11) is 1.55. The lowest BCUT2D eigenvalue weighted by Crippen LogP contribution is -2.00. The minimum atomic E-state index is -0.762. The molecule has 2 rings (SSSR count). The molecule has 2 aromatic carbocycles. The van der Waals surface area contributed by atoms with Crippen molar-refractivity contribution in [3.8, 4) is 5.75 Å². The summed E-state index contributed by atoms with van der Waals surface area (Å²) in [6.45, 7) is 1.92. The van der Waals surface area contributed by atoms with Crippen LogP contribution in [0.25, 0.3) is 0 Å². The SMILES string of the molecule is COc1ccc(C(O)c2ccc(C)c(Cl)c2)cc1Cl. The second kappa shape index (κ2) is 5.83. The molecule has 0 amide bonds. The lowest BCUT2D eigenvalue weighted by molar-refractivity contribution is 0.220. The number of aliphatic hydroxyl groups excluding tert-OH is 1. The maximum absolute atomic E-state index is 10.3. The van der Waals surface area contributed by atoms with Gasteiger partial charge in [-0.05, 0) is 41.8 Å². The number of hydrogen-bond acceptors (Lipinski definition) is 2. The van der Waals surface area contributed by atoms with Crippen molar-refractivity contribution in [2.75, 3.05) is 7.11 Å². The van der Waals surface area contributed by atoms with E-state index in [2.05, 4.69) is 0 Å². The van der Waals surface area contributed by atoms with Gasteiger partial charge in [0.15, 0.2) is 0 Å². The second-order valence-corrected chi connectivity index (χ2v) is 5.12. The Labute approximate surface area is 122 Å². The van der Waals surface area contributed by atoms with Crippen LogP contribution in [0.3, 0.4) is 0 Å². The molecule has 0 aromatic heterocycles. The van der Waals surface area contributed by atoms with Gasteiger partial charge >= 0.3 is 0 Å². The van der Waals surface area contributed by atoms with Crippen LogP contribution in [0.1, 0.15) is 22.8 Å². The molecule has 1 atom stereocenters. The zero-order chi connectivity index (χ0) is 14.0. The Balaban J connectivity index is 2.35. The molecule has 2 aromatic rings. The van der Waals surface area contributed by atoms with Gasteiger partial charge in [-0.25, -0.2) is 0 Å². The molecule has 19 heavy (non-hydrogen) atoms. The monoisotopic (exact) mass is 296 g/mol. The highest BCUT2D eigenvalue weighted by atomic mass is 35.5. The lowest BCUT2D eigenvalue weighted by atomic mass is 10.0. The summed E-state index contributed by atoms with van der Waals surface area (Å²) >= 11 is 12.1. The zero-order valence-electron chi connectivity index (χ0n) is 10.7. The molecule has 0 fully saturated rings. The molecule has 0 aliphatic rings. The Morgan fingerprint density at radius 2 is 1.58 bits per heavy atom. The van der Waals surface area contributed by atoms with Crippen LogP contribution < -0.4 is 4.74 Å². The van der Waals surface area contributed by atoms with E-state index in [4.69, 9.17) is 27.9 Å². The van der Waals surface area contributed by atoms with E-state index in [9.17, 15) is 5.11 Å². The van der Waals surface area contributed by atoms with Crippen molar-refractivity contribution in [2.24, 2.45) is 0 Å². The quantitative estimate of drug-likeness (QED) is 0.910. The Morgan fingerprint density at radius 1 is 1.00 bits per heavy atom. The molecule has 0 heterocycles. The first-order chi connectivity index (χ1) is 9.02. The summed E-state index contributed by atoms with van der Waals surface area (Å²) in [5.74, 6) is 0.583. The summed E-state index contributed by atoms with van der Waals surface area (Å²) < 4.78 is 5.09. The fraction of sp³-hybridized carbons (Fsp3) is 0.200. The van der Waals surface area contributed by atoms with Crippen LogP contribution in [-0.4, -0.2) is 12.2 Å². The Bertz CT molecular complexity index is 597. The first-order valence-corrected chi connectivity index (χ1v) is 6.56. The molecule has 0 spiro atoms. The van der Waals surface area contributed by atoms with Crippen LogP contribution in [0.4, 0.5) is 0 Å². The smallest absolute Gasteiger partial charge is 0.137 e. The Hall–Kier alpha value is -1.22. The van der Waals surface area contributed by atoms with Crippen molar-refractivity contribution in [3.63, 3.8) is 0 Å². The van der Waals surface area contributed by atoms with Gasteiger partial charge in [0, 0.05) is 5.02 Å². The van der Waals surface area contributed by atoms with E-state index in [-0.39, 0.29) is 0 Å². The molecule has 4 heteroatoms. The third-order valence-corrected chi connectivity index (χ3v) is 3.71. The molecule has 0 aliphatic carbocycles. The number of halogens is 2. The molecule has 0 saturated carbocycles. The van der Waals surface area contributed by atoms with Gasteiger partial charge in [0.25, 0.3) is 0 Å². The van der Waals surface area contributed by atoms with Crippen molar-refractivity contribution < 1.29 is 9.84 Å². The average Bonchev–Trinajstić information content (AvgIpc) is 2.41. The van der Waals surface area contributed by atoms with E-state index in [1.807, 2.05) is 19.1 Å². The van der Waals surface area contributed by atoms with Gasteiger partial charge in [-0.1, -0.05) is 41.4 Å². The topological polar surface area (TPSA) is 29.5 Å². The number of hydrogen-bond donors (Lipinski definition) is 1. The maximum atomic E-state index is 10.3. The molecule has 1 N–H and O–H groups in total.